The number of amides is 1. The maximum Gasteiger partial charge on any atom is 0.243 e. The minimum Gasteiger partial charge on any atom is -0.302 e. The lowest BCUT2D eigenvalue weighted by atomic mass is 9.97. The summed E-state index contributed by atoms with van der Waals surface area (Å²) >= 11 is 1.40. The highest BCUT2D eigenvalue weighted by atomic mass is 32.2. The molecular weight excluding hydrogens is 442 g/mol. The second-order valence-electron chi connectivity index (χ2n) is 8.36. The molecule has 166 valence electrons. The number of nitrogens with zero attached hydrogens (tertiary/aromatic N) is 2. The number of aryl methyl sites for hydroxylation is 2. The van der Waals surface area contributed by atoms with Crippen molar-refractivity contribution in [1.82, 2.24) is 9.29 Å². The van der Waals surface area contributed by atoms with E-state index in [-0.39, 0.29) is 11.8 Å². The molecule has 0 atom stereocenters. The average Bonchev–Trinajstić information content (AvgIpc) is 3.49. The summed E-state index contributed by atoms with van der Waals surface area (Å²) in [5, 5.41) is 5.41. The van der Waals surface area contributed by atoms with Crippen molar-refractivity contribution in [2.75, 3.05) is 18.4 Å². The molecule has 5 rings (SSSR count). The number of piperidine rings is 1. The summed E-state index contributed by atoms with van der Waals surface area (Å²) in [7, 11) is -3.53. The molecule has 0 spiro atoms. The molecule has 3 aromatic rings. The second kappa shape index (κ2) is 8.77. The summed E-state index contributed by atoms with van der Waals surface area (Å²) in [6.45, 7) is 0.704. The summed E-state index contributed by atoms with van der Waals surface area (Å²) in [5.74, 6) is -0.306. The Kier molecular flexibility index (Phi) is 5.84. The summed E-state index contributed by atoms with van der Waals surface area (Å²) in [6, 6.07) is 15.3. The molecule has 8 heteroatoms. The minimum atomic E-state index is -3.53. The zero-order valence-electron chi connectivity index (χ0n) is 17.7. The standard InChI is InChI=1S/C24H25N3O3S2/c28-23(26-24-25-22(16-31-24)18-5-2-1-3-6-18)19-11-13-27(14-12-19)32(29,30)21-10-9-17-7-4-8-20(17)15-21/h1-3,5-6,9-10,15-16,19H,4,7-8,11-14H2,(H,25,26,28). The predicted octanol–water partition coefficient (Wildman–Crippen LogP) is 4.34. The van der Waals surface area contributed by atoms with Crippen LogP contribution >= 0.6 is 11.3 Å². The average molecular weight is 468 g/mol. The molecule has 6 nitrogen and oxygen atoms in total. The van der Waals surface area contributed by atoms with E-state index < -0.39 is 10.0 Å². The maximum absolute atomic E-state index is 13.1. The third-order valence-electron chi connectivity index (χ3n) is 6.34. The molecule has 1 amide bonds. The molecule has 2 aromatic carbocycles. The zero-order valence-corrected chi connectivity index (χ0v) is 19.3. The maximum atomic E-state index is 13.1. The van der Waals surface area contributed by atoms with Crippen LogP contribution in [0.1, 0.15) is 30.4 Å². The van der Waals surface area contributed by atoms with Gasteiger partial charge in [-0.3, -0.25) is 4.79 Å². The predicted molar refractivity (Wildman–Crippen MR) is 126 cm³/mol. The van der Waals surface area contributed by atoms with Gasteiger partial charge in [-0.25, -0.2) is 13.4 Å². The van der Waals surface area contributed by atoms with Gasteiger partial charge in [0.15, 0.2) is 5.13 Å². The number of aromatic nitrogens is 1. The van der Waals surface area contributed by atoms with Crippen molar-refractivity contribution in [2.45, 2.75) is 37.0 Å². The van der Waals surface area contributed by atoms with E-state index in [2.05, 4.69) is 10.3 Å². The number of carbonyl (C=O) groups excluding carboxylic acids is 1. The van der Waals surface area contributed by atoms with Crippen molar-refractivity contribution in [3.63, 3.8) is 0 Å². The number of anilines is 1. The minimum absolute atomic E-state index is 0.0893. The van der Waals surface area contributed by atoms with Crippen LogP contribution in [0.25, 0.3) is 11.3 Å². The van der Waals surface area contributed by atoms with Crippen LogP contribution < -0.4 is 5.32 Å². The Bertz CT molecular complexity index is 1230. The highest BCUT2D eigenvalue weighted by Gasteiger charge is 2.33. The van der Waals surface area contributed by atoms with E-state index in [9.17, 15) is 13.2 Å². The second-order valence-corrected chi connectivity index (χ2v) is 11.2. The van der Waals surface area contributed by atoms with E-state index in [4.69, 9.17) is 0 Å². The van der Waals surface area contributed by atoms with E-state index in [1.54, 1.807) is 6.07 Å². The van der Waals surface area contributed by atoms with Crippen LogP contribution in [-0.4, -0.2) is 36.7 Å². The molecule has 1 aromatic heterocycles. The molecule has 0 radical (unpaired) electrons. The summed E-state index contributed by atoms with van der Waals surface area (Å²) < 4.78 is 27.7. The molecule has 32 heavy (non-hydrogen) atoms. The van der Waals surface area contributed by atoms with Gasteiger partial charge >= 0.3 is 0 Å². The van der Waals surface area contributed by atoms with Crippen molar-refractivity contribution in [3.05, 3.63) is 65.0 Å². The fourth-order valence-electron chi connectivity index (χ4n) is 4.50. The SMILES string of the molecule is O=C(Nc1nc(-c2ccccc2)cs1)C1CCN(S(=O)(=O)c2ccc3c(c2)CCC3)CC1. The van der Waals surface area contributed by atoms with Gasteiger partial charge in [0.05, 0.1) is 10.6 Å². The number of rotatable bonds is 5. The van der Waals surface area contributed by atoms with Gasteiger partial charge in [0, 0.05) is 30.0 Å². The van der Waals surface area contributed by atoms with Gasteiger partial charge in [0.2, 0.25) is 15.9 Å². The normalized spacial score (nSPS) is 17.2. The Morgan fingerprint density at radius 2 is 1.78 bits per heavy atom. The molecule has 1 aliphatic carbocycles. The first kappa shape index (κ1) is 21.3. The van der Waals surface area contributed by atoms with E-state index in [0.29, 0.717) is 36.0 Å². The molecule has 0 unspecified atom stereocenters. The monoisotopic (exact) mass is 467 g/mol. The lowest BCUT2D eigenvalue weighted by molar-refractivity contribution is -0.120. The molecule has 1 aliphatic heterocycles. The number of sulfonamides is 1. The molecule has 0 saturated carbocycles. The number of hydrogen-bond acceptors (Lipinski definition) is 5. The summed E-state index contributed by atoms with van der Waals surface area (Å²) in [6.07, 6.45) is 4.08. The van der Waals surface area contributed by atoms with Crippen molar-refractivity contribution >= 4 is 32.4 Å². The van der Waals surface area contributed by atoms with Gasteiger partial charge in [-0.05, 0) is 55.4 Å². The molecule has 2 heterocycles. The third-order valence-corrected chi connectivity index (χ3v) is 8.99. The van der Waals surface area contributed by atoms with Crippen LogP contribution in [-0.2, 0) is 27.7 Å². The fraction of sp³-hybridized carbons (Fsp3) is 0.333. The molecule has 1 saturated heterocycles. The highest BCUT2D eigenvalue weighted by Crippen LogP contribution is 2.30. The number of benzene rings is 2. The molecule has 1 fully saturated rings. The number of fused-ring (bicyclic) bond motifs is 1. The molecule has 1 N–H and O–H groups in total. The van der Waals surface area contributed by atoms with Crippen LogP contribution in [0.2, 0.25) is 0 Å². The smallest absolute Gasteiger partial charge is 0.243 e. The molecular formula is C24H25N3O3S2. The first-order valence-corrected chi connectivity index (χ1v) is 13.3. The summed E-state index contributed by atoms with van der Waals surface area (Å²) in [4.78, 5) is 17.6. The Morgan fingerprint density at radius 3 is 2.56 bits per heavy atom. The summed E-state index contributed by atoms with van der Waals surface area (Å²) in [5.41, 5.74) is 4.26. The van der Waals surface area contributed by atoms with E-state index in [1.807, 2.05) is 47.8 Å². The lowest BCUT2D eigenvalue weighted by Gasteiger charge is -2.30. The van der Waals surface area contributed by atoms with E-state index in [0.717, 1.165) is 36.1 Å². The number of nitrogens with one attached hydrogen (secondary N) is 1. The van der Waals surface area contributed by atoms with Crippen LogP contribution in [0, 0.1) is 5.92 Å². The van der Waals surface area contributed by atoms with E-state index >= 15 is 0 Å². The fourth-order valence-corrected chi connectivity index (χ4v) is 6.74. The Hall–Kier alpha value is -2.55. The van der Waals surface area contributed by atoms with Gasteiger partial charge in [-0.1, -0.05) is 36.4 Å². The van der Waals surface area contributed by atoms with Crippen molar-refractivity contribution in [3.8, 4) is 11.3 Å². The van der Waals surface area contributed by atoms with Gasteiger partial charge in [0.1, 0.15) is 0 Å². The quantitative estimate of drug-likeness (QED) is 0.605. The Balaban J connectivity index is 1.20. The van der Waals surface area contributed by atoms with Gasteiger partial charge < -0.3 is 5.32 Å². The van der Waals surface area contributed by atoms with Crippen LogP contribution in [0.5, 0.6) is 0 Å². The largest absolute Gasteiger partial charge is 0.302 e. The van der Waals surface area contributed by atoms with Crippen molar-refractivity contribution in [1.29, 1.82) is 0 Å². The van der Waals surface area contributed by atoms with Gasteiger partial charge in [-0.2, -0.15) is 4.31 Å². The van der Waals surface area contributed by atoms with Gasteiger partial charge in [0.25, 0.3) is 0 Å². The zero-order chi connectivity index (χ0) is 22.1. The molecule has 2 aliphatic rings. The Morgan fingerprint density at radius 1 is 1.03 bits per heavy atom. The lowest BCUT2D eigenvalue weighted by Crippen LogP contribution is -2.41. The highest BCUT2D eigenvalue weighted by molar-refractivity contribution is 7.89. The van der Waals surface area contributed by atoms with Crippen LogP contribution in [0.4, 0.5) is 5.13 Å². The topological polar surface area (TPSA) is 79.4 Å². The third kappa shape index (κ3) is 4.22. The Labute approximate surface area is 192 Å². The first-order valence-electron chi connectivity index (χ1n) is 10.9. The van der Waals surface area contributed by atoms with Crippen molar-refractivity contribution < 1.29 is 13.2 Å². The number of hydrogen-bond donors (Lipinski definition) is 1. The number of carbonyl (C=O) groups is 1. The van der Waals surface area contributed by atoms with E-state index in [1.165, 1.54) is 21.2 Å². The van der Waals surface area contributed by atoms with Gasteiger partial charge in [-0.15, -0.1) is 11.3 Å². The first-order chi connectivity index (χ1) is 15.5. The molecule has 0 bridgehead atoms. The van der Waals surface area contributed by atoms with Crippen molar-refractivity contribution in [2.24, 2.45) is 5.92 Å². The number of thiazole rings is 1. The van der Waals surface area contributed by atoms with Crippen LogP contribution in [0.3, 0.4) is 0 Å². The van der Waals surface area contributed by atoms with Crippen LogP contribution in [0.15, 0.2) is 58.8 Å².